The van der Waals surface area contributed by atoms with Crippen molar-refractivity contribution >= 4 is 17.3 Å². The number of nitrogens with zero attached hydrogens (tertiary/aromatic N) is 5. The molecule has 0 saturated heterocycles. The van der Waals surface area contributed by atoms with Crippen molar-refractivity contribution in [3.8, 4) is 5.82 Å². The minimum atomic E-state index is -0.513. The van der Waals surface area contributed by atoms with E-state index in [0.29, 0.717) is 12.2 Å². The lowest BCUT2D eigenvalue weighted by Gasteiger charge is -2.07. The van der Waals surface area contributed by atoms with Gasteiger partial charge in [-0.3, -0.25) is 14.7 Å². The molecule has 0 unspecified atom stereocenters. The minimum absolute atomic E-state index is 0.0242. The van der Waals surface area contributed by atoms with E-state index in [-0.39, 0.29) is 22.5 Å². The third kappa shape index (κ3) is 2.04. The van der Waals surface area contributed by atoms with E-state index in [1.165, 1.54) is 6.92 Å². The van der Waals surface area contributed by atoms with Gasteiger partial charge in [-0.2, -0.15) is 4.98 Å². The van der Waals surface area contributed by atoms with Gasteiger partial charge in [-0.15, -0.1) is 0 Å². The lowest BCUT2D eigenvalue weighted by atomic mass is 10.3. The van der Waals surface area contributed by atoms with Crippen molar-refractivity contribution in [1.29, 1.82) is 0 Å². The van der Waals surface area contributed by atoms with E-state index in [1.54, 1.807) is 17.0 Å². The zero-order valence-electron chi connectivity index (χ0n) is 9.79. The first-order valence-corrected chi connectivity index (χ1v) is 5.63. The Morgan fingerprint density at radius 2 is 2.22 bits per heavy atom. The van der Waals surface area contributed by atoms with Crippen LogP contribution in [0, 0.1) is 17.0 Å². The summed E-state index contributed by atoms with van der Waals surface area (Å²) in [5.74, 6) is 0.819. The van der Waals surface area contributed by atoms with Crippen LogP contribution in [0.1, 0.15) is 18.4 Å². The Labute approximate surface area is 108 Å². The lowest BCUT2D eigenvalue weighted by Crippen LogP contribution is -2.08. The molecule has 2 aromatic rings. The summed E-state index contributed by atoms with van der Waals surface area (Å²) >= 11 is 5.76. The van der Waals surface area contributed by atoms with Crippen LogP contribution in [0.15, 0.2) is 12.4 Å². The normalized spacial score (nSPS) is 10.6. The molecule has 0 fully saturated rings. The largest absolute Gasteiger partial charge is 0.333 e. The zero-order chi connectivity index (χ0) is 13.3. The second kappa shape index (κ2) is 4.69. The number of imidazole rings is 1. The molecule has 0 aromatic carbocycles. The molecular weight excluding hydrogens is 258 g/mol. The number of hydrogen-bond donors (Lipinski definition) is 0. The molecule has 0 aliphatic rings. The van der Waals surface area contributed by atoms with Crippen molar-refractivity contribution in [3.05, 3.63) is 39.3 Å². The minimum Gasteiger partial charge on any atom is -0.282 e. The second-order valence-corrected chi connectivity index (χ2v) is 3.91. The van der Waals surface area contributed by atoms with Gasteiger partial charge in [-0.05, 0) is 18.5 Å². The van der Waals surface area contributed by atoms with Gasteiger partial charge in [0.1, 0.15) is 11.5 Å². The maximum Gasteiger partial charge on any atom is 0.333 e. The van der Waals surface area contributed by atoms with Crippen LogP contribution in [0.5, 0.6) is 0 Å². The monoisotopic (exact) mass is 267 g/mol. The Morgan fingerprint density at radius 1 is 1.50 bits per heavy atom. The molecule has 2 heterocycles. The van der Waals surface area contributed by atoms with E-state index < -0.39 is 4.92 Å². The van der Waals surface area contributed by atoms with Gasteiger partial charge in [-0.25, -0.2) is 9.97 Å². The molecule has 7 nitrogen and oxygen atoms in total. The number of aryl methyl sites for hydroxylation is 2. The van der Waals surface area contributed by atoms with Crippen LogP contribution < -0.4 is 0 Å². The first-order valence-electron chi connectivity index (χ1n) is 5.25. The third-order valence-corrected chi connectivity index (χ3v) is 2.63. The van der Waals surface area contributed by atoms with E-state index >= 15 is 0 Å². The van der Waals surface area contributed by atoms with Crippen molar-refractivity contribution in [3.63, 3.8) is 0 Å². The van der Waals surface area contributed by atoms with Crippen LogP contribution in [0.4, 0.5) is 5.69 Å². The molecule has 8 heteroatoms. The Balaban J connectivity index is 2.73. The van der Waals surface area contributed by atoms with E-state index in [0.717, 1.165) is 0 Å². The Kier molecular flexibility index (Phi) is 3.24. The summed E-state index contributed by atoms with van der Waals surface area (Å²) in [6, 6.07) is 0. The first kappa shape index (κ1) is 12.4. The van der Waals surface area contributed by atoms with E-state index in [4.69, 9.17) is 11.6 Å². The second-order valence-electron chi connectivity index (χ2n) is 3.57. The molecule has 0 radical (unpaired) electrons. The highest BCUT2D eigenvalue weighted by atomic mass is 35.5. The topological polar surface area (TPSA) is 86.7 Å². The SMILES string of the molecule is CCc1nccn1-c1nc(Cl)nc(C)c1[N+](=O)[O-]. The van der Waals surface area contributed by atoms with Crippen molar-refractivity contribution in [2.24, 2.45) is 0 Å². The molecule has 0 aliphatic heterocycles. The van der Waals surface area contributed by atoms with E-state index in [2.05, 4.69) is 15.0 Å². The van der Waals surface area contributed by atoms with Crippen molar-refractivity contribution in [2.45, 2.75) is 20.3 Å². The summed E-state index contributed by atoms with van der Waals surface area (Å²) in [6.45, 7) is 3.43. The Morgan fingerprint density at radius 3 is 2.83 bits per heavy atom. The van der Waals surface area contributed by atoms with Crippen LogP contribution in [-0.2, 0) is 6.42 Å². The van der Waals surface area contributed by atoms with E-state index in [9.17, 15) is 10.1 Å². The van der Waals surface area contributed by atoms with Gasteiger partial charge >= 0.3 is 5.69 Å². The molecule has 0 N–H and O–H groups in total. The maximum absolute atomic E-state index is 11.1. The summed E-state index contributed by atoms with van der Waals surface area (Å²) in [6.07, 6.45) is 3.81. The van der Waals surface area contributed by atoms with Gasteiger partial charge in [0.15, 0.2) is 0 Å². The van der Waals surface area contributed by atoms with Crippen LogP contribution in [0.25, 0.3) is 5.82 Å². The Bertz CT molecular complexity index is 610. The van der Waals surface area contributed by atoms with Crippen molar-refractivity contribution in [1.82, 2.24) is 19.5 Å². The number of rotatable bonds is 3. The molecule has 0 aliphatic carbocycles. The fourth-order valence-corrected chi connectivity index (χ4v) is 1.90. The highest BCUT2D eigenvalue weighted by Gasteiger charge is 2.24. The fraction of sp³-hybridized carbons (Fsp3) is 0.300. The van der Waals surface area contributed by atoms with Crippen LogP contribution in [0.3, 0.4) is 0 Å². The number of nitro groups is 1. The summed E-state index contributed by atoms with van der Waals surface area (Å²) < 4.78 is 1.55. The first-order chi connectivity index (χ1) is 8.54. The smallest absolute Gasteiger partial charge is 0.282 e. The highest BCUT2D eigenvalue weighted by molar-refractivity contribution is 6.28. The van der Waals surface area contributed by atoms with Crippen LogP contribution in [-0.4, -0.2) is 24.4 Å². The molecule has 0 spiro atoms. The number of aromatic nitrogens is 4. The lowest BCUT2D eigenvalue weighted by molar-refractivity contribution is -0.385. The predicted molar refractivity (Wildman–Crippen MR) is 64.9 cm³/mol. The third-order valence-electron chi connectivity index (χ3n) is 2.46. The van der Waals surface area contributed by atoms with Crippen molar-refractivity contribution in [2.75, 3.05) is 0 Å². The summed E-state index contributed by atoms with van der Waals surface area (Å²) in [7, 11) is 0. The summed E-state index contributed by atoms with van der Waals surface area (Å²) in [5, 5.41) is 11.1. The predicted octanol–water partition coefficient (Wildman–Crippen LogP) is 2.09. The average molecular weight is 268 g/mol. The maximum atomic E-state index is 11.1. The summed E-state index contributed by atoms with van der Waals surface area (Å²) in [4.78, 5) is 22.4. The quantitative estimate of drug-likeness (QED) is 0.483. The molecule has 2 rings (SSSR count). The van der Waals surface area contributed by atoms with Gasteiger partial charge in [0.05, 0.1) is 4.92 Å². The van der Waals surface area contributed by atoms with Crippen LogP contribution in [0.2, 0.25) is 5.28 Å². The molecule has 2 aromatic heterocycles. The molecule has 94 valence electrons. The number of halogens is 1. The van der Waals surface area contributed by atoms with E-state index in [1.807, 2.05) is 6.92 Å². The standard InChI is InChI=1S/C10H10ClN5O2/c1-3-7-12-4-5-15(7)9-8(16(17)18)6(2)13-10(11)14-9/h4-5H,3H2,1-2H3. The molecule has 0 bridgehead atoms. The van der Waals surface area contributed by atoms with Gasteiger partial charge in [0, 0.05) is 18.8 Å². The zero-order valence-corrected chi connectivity index (χ0v) is 10.5. The van der Waals surface area contributed by atoms with Crippen molar-refractivity contribution < 1.29 is 4.92 Å². The molecule has 0 amide bonds. The summed E-state index contributed by atoms with van der Waals surface area (Å²) in [5.41, 5.74) is 0.0675. The van der Waals surface area contributed by atoms with Gasteiger partial charge in [-0.1, -0.05) is 6.92 Å². The highest BCUT2D eigenvalue weighted by Crippen LogP contribution is 2.26. The van der Waals surface area contributed by atoms with Gasteiger partial charge in [0.2, 0.25) is 11.1 Å². The Hall–Kier alpha value is -2.02. The molecule has 0 atom stereocenters. The molecular formula is C10H10ClN5O2. The molecule has 18 heavy (non-hydrogen) atoms. The fourth-order valence-electron chi connectivity index (χ4n) is 1.69. The molecule has 0 saturated carbocycles. The average Bonchev–Trinajstić information content (AvgIpc) is 2.74. The van der Waals surface area contributed by atoms with Gasteiger partial charge < -0.3 is 0 Å². The van der Waals surface area contributed by atoms with Crippen LogP contribution >= 0.6 is 11.6 Å². The number of hydrogen-bond acceptors (Lipinski definition) is 5. The van der Waals surface area contributed by atoms with Gasteiger partial charge in [0.25, 0.3) is 0 Å².